The van der Waals surface area contributed by atoms with Gasteiger partial charge in [0.25, 0.3) is 10.0 Å². The molecule has 2 unspecified atom stereocenters. The van der Waals surface area contributed by atoms with Crippen LogP contribution >= 0.6 is 11.3 Å². The third-order valence-electron chi connectivity index (χ3n) is 3.45. The fraction of sp³-hybridized carbons (Fsp3) is 0.727. The largest absolute Gasteiger partial charge is 0.391 e. The van der Waals surface area contributed by atoms with Crippen LogP contribution in [0, 0.1) is 0 Å². The van der Waals surface area contributed by atoms with Crippen molar-refractivity contribution in [3.8, 4) is 0 Å². The van der Waals surface area contributed by atoms with Gasteiger partial charge in [-0.3, -0.25) is 4.79 Å². The summed E-state index contributed by atoms with van der Waals surface area (Å²) in [5.41, 5.74) is 0. The molecule has 21 heavy (non-hydrogen) atoms. The molecule has 1 saturated carbocycles. The van der Waals surface area contributed by atoms with Crippen LogP contribution in [0.25, 0.3) is 0 Å². The Hall–Kier alpha value is -1.10. The first-order chi connectivity index (χ1) is 9.82. The van der Waals surface area contributed by atoms with Crippen LogP contribution in [0.4, 0.5) is 5.13 Å². The Balaban J connectivity index is 2.20. The normalized spacial score (nSPS) is 23.2. The summed E-state index contributed by atoms with van der Waals surface area (Å²) in [6, 6.07) is -0.447. The number of amides is 1. The molecule has 1 aromatic heterocycles. The quantitative estimate of drug-likeness (QED) is 0.772. The van der Waals surface area contributed by atoms with Gasteiger partial charge in [0.15, 0.2) is 0 Å². The number of rotatable bonds is 4. The predicted molar refractivity (Wildman–Crippen MR) is 77.4 cm³/mol. The number of hydrogen-bond donors (Lipinski definition) is 2. The Kier molecular flexibility index (Phi) is 4.91. The van der Waals surface area contributed by atoms with Gasteiger partial charge in [0.2, 0.25) is 15.4 Å². The van der Waals surface area contributed by atoms with E-state index in [4.69, 9.17) is 0 Å². The van der Waals surface area contributed by atoms with Gasteiger partial charge >= 0.3 is 0 Å². The molecular formula is C11H18N4O4S2. The minimum atomic E-state index is -3.82. The molecule has 8 nitrogen and oxygen atoms in total. The molecule has 0 radical (unpaired) electrons. The lowest BCUT2D eigenvalue weighted by Crippen LogP contribution is -2.46. The molecule has 1 amide bonds. The summed E-state index contributed by atoms with van der Waals surface area (Å²) >= 11 is 0.796. The number of carbonyl (C=O) groups excluding carboxylic acids is 1. The first-order valence-electron chi connectivity index (χ1n) is 6.59. The van der Waals surface area contributed by atoms with E-state index in [2.05, 4.69) is 15.5 Å². The maximum absolute atomic E-state index is 12.5. The van der Waals surface area contributed by atoms with Crippen molar-refractivity contribution in [2.45, 2.75) is 49.1 Å². The van der Waals surface area contributed by atoms with Crippen LogP contribution in [0.3, 0.4) is 0 Å². The fourth-order valence-corrected chi connectivity index (χ4v) is 4.86. The monoisotopic (exact) mass is 334 g/mol. The number of hydrogen-bond acceptors (Lipinski definition) is 7. The number of aromatic nitrogens is 2. The average molecular weight is 334 g/mol. The Bertz CT molecular complexity index is 615. The van der Waals surface area contributed by atoms with E-state index in [1.807, 2.05) is 0 Å². The molecule has 2 rings (SSSR count). The van der Waals surface area contributed by atoms with Gasteiger partial charge in [-0.1, -0.05) is 24.2 Å². The van der Waals surface area contributed by atoms with Gasteiger partial charge in [-0.05, 0) is 12.8 Å². The van der Waals surface area contributed by atoms with Gasteiger partial charge in [0.05, 0.1) is 12.1 Å². The van der Waals surface area contributed by atoms with Crippen LogP contribution in [-0.4, -0.2) is 53.1 Å². The standard InChI is InChI=1S/C11H18N4O4S2/c1-7(16)12-10-13-14-11(20-10)21(18,19)15(2)8-5-3-4-6-9(8)17/h8-9,17H,3-6H2,1-2H3,(H,12,13,16). The van der Waals surface area contributed by atoms with E-state index >= 15 is 0 Å². The third kappa shape index (κ3) is 3.57. The third-order valence-corrected chi connectivity index (χ3v) is 6.52. The van der Waals surface area contributed by atoms with Crippen molar-refractivity contribution < 1.29 is 18.3 Å². The zero-order valence-electron chi connectivity index (χ0n) is 11.8. The molecule has 0 spiro atoms. The first kappa shape index (κ1) is 16.3. The number of sulfonamides is 1. The maximum atomic E-state index is 12.5. The lowest BCUT2D eigenvalue weighted by Gasteiger charge is -2.33. The molecule has 0 bridgehead atoms. The van der Waals surface area contributed by atoms with E-state index in [-0.39, 0.29) is 15.4 Å². The van der Waals surface area contributed by atoms with Crippen molar-refractivity contribution in [3.05, 3.63) is 0 Å². The van der Waals surface area contributed by atoms with Crippen LogP contribution in [-0.2, 0) is 14.8 Å². The summed E-state index contributed by atoms with van der Waals surface area (Å²) in [5.74, 6) is -0.342. The second-order valence-electron chi connectivity index (χ2n) is 4.99. The highest BCUT2D eigenvalue weighted by Gasteiger charge is 2.36. The topological polar surface area (TPSA) is 112 Å². The summed E-state index contributed by atoms with van der Waals surface area (Å²) in [7, 11) is -2.38. The molecule has 0 aliphatic heterocycles. The van der Waals surface area contributed by atoms with Crippen molar-refractivity contribution in [1.29, 1.82) is 0 Å². The van der Waals surface area contributed by atoms with Crippen molar-refractivity contribution >= 4 is 32.4 Å². The molecule has 0 saturated heterocycles. The fourth-order valence-electron chi connectivity index (χ4n) is 2.33. The van der Waals surface area contributed by atoms with E-state index in [1.54, 1.807) is 0 Å². The number of likely N-dealkylation sites (N-methyl/N-ethyl adjacent to an activating group) is 1. The molecule has 118 valence electrons. The number of anilines is 1. The minimum Gasteiger partial charge on any atom is -0.391 e. The highest BCUT2D eigenvalue weighted by Crippen LogP contribution is 2.29. The maximum Gasteiger partial charge on any atom is 0.272 e. The molecule has 1 aliphatic rings. The number of nitrogens with zero attached hydrogens (tertiary/aromatic N) is 3. The lowest BCUT2D eigenvalue weighted by atomic mass is 9.93. The van der Waals surface area contributed by atoms with Crippen LogP contribution in [0.5, 0.6) is 0 Å². The molecule has 2 N–H and O–H groups in total. The molecule has 10 heteroatoms. The summed E-state index contributed by atoms with van der Waals surface area (Å²) < 4.78 is 25.9. The number of carbonyl (C=O) groups is 1. The molecular weight excluding hydrogens is 316 g/mol. The summed E-state index contributed by atoms with van der Waals surface area (Å²) in [4.78, 5) is 10.9. The van der Waals surface area contributed by atoms with Crippen LogP contribution < -0.4 is 5.32 Å². The molecule has 2 atom stereocenters. The van der Waals surface area contributed by atoms with E-state index in [0.717, 1.165) is 28.5 Å². The Morgan fingerprint density at radius 2 is 2.05 bits per heavy atom. The van der Waals surface area contributed by atoms with Gasteiger partial charge in [-0.15, -0.1) is 10.2 Å². The van der Waals surface area contributed by atoms with Crippen molar-refractivity contribution in [2.24, 2.45) is 0 Å². The molecule has 0 aromatic carbocycles. The molecule has 1 aromatic rings. The highest BCUT2D eigenvalue weighted by atomic mass is 32.2. The van der Waals surface area contributed by atoms with E-state index in [1.165, 1.54) is 14.0 Å². The number of aliphatic hydroxyl groups excluding tert-OH is 1. The van der Waals surface area contributed by atoms with Crippen LogP contribution in [0.1, 0.15) is 32.6 Å². The number of aliphatic hydroxyl groups is 1. The van der Waals surface area contributed by atoms with Gasteiger partial charge in [0.1, 0.15) is 0 Å². The van der Waals surface area contributed by atoms with Gasteiger partial charge in [-0.2, -0.15) is 4.31 Å². The average Bonchev–Trinajstić information content (AvgIpc) is 2.87. The molecule has 1 heterocycles. The smallest absolute Gasteiger partial charge is 0.272 e. The van der Waals surface area contributed by atoms with E-state index in [9.17, 15) is 18.3 Å². The summed E-state index contributed by atoms with van der Waals surface area (Å²) in [5, 5.41) is 19.8. The highest BCUT2D eigenvalue weighted by molar-refractivity contribution is 7.91. The SMILES string of the molecule is CC(=O)Nc1nnc(S(=O)(=O)N(C)C2CCCCC2O)s1. The zero-order chi connectivity index (χ0) is 15.6. The Morgan fingerprint density at radius 1 is 1.38 bits per heavy atom. The second kappa shape index (κ2) is 6.34. The van der Waals surface area contributed by atoms with E-state index in [0.29, 0.717) is 12.8 Å². The Labute approximate surface area is 127 Å². The zero-order valence-corrected chi connectivity index (χ0v) is 13.4. The predicted octanol–water partition coefficient (Wildman–Crippen LogP) is 0.420. The van der Waals surface area contributed by atoms with Crippen LogP contribution in [0.2, 0.25) is 0 Å². The second-order valence-corrected chi connectivity index (χ2v) is 8.14. The van der Waals surface area contributed by atoms with Gasteiger partial charge in [0, 0.05) is 14.0 Å². The lowest BCUT2D eigenvalue weighted by molar-refractivity contribution is -0.114. The Morgan fingerprint density at radius 3 is 2.67 bits per heavy atom. The van der Waals surface area contributed by atoms with Crippen LogP contribution in [0.15, 0.2) is 4.34 Å². The van der Waals surface area contributed by atoms with Gasteiger partial charge in [-0.25, -0.2) is 8.42 Å². The van der Waals surface area contributed by atoms with Crippen molar-refractivity contribution in [2.75, 3.05) is 12.4 Å². The minimum absolute atomic E-state index is 0.138. The van der Waals surface area contributed by atoms with Crippen molar-refractivity contribution in [3.63, 3.8) is 0 Å². The summed E-state index contributed by atoms with van der Waals surface area (Å²) in [6.45, 7) is 1.31. The molecule has 1 aliphatic carbocycles. The number of nitrogens with one attached hydrogen (secondary N) is 1. The summed E-state index contributed by atoms with van der Waals surface area (Å²) in [6.07, 6.45) is 2.33. The van der Waals surface area contributed by atoms with E-state index < -0.39 is 22.2 Å². The van der Waals surface area contributed by atoms with Gasteiger partial charge < -0.3 is 10.4 Å². The first-order valence-corrected chi connectivity index (χ1v) is 8.85. The van der Waals surface area contributed by atoms with Crippen molar-refractivity contribution in [1.82, 2.24) is 14.5 Å². The molecule has 1 fully saturated rings.